The van der Waals surface area contributed by atoms with Crippen LogP contribution in [0.1, 0.15) is 32.6 Å². The molecule has 0 spiro atoms. The first-order chi connectivity index (χ1) is 9.49. The number of nitrogens with zero attached hydrogens (tertiary/aromatic N) is 2. The summed E-state index contributed by atoms with van der Waals surface area (Å²) in [5.74, 6) is 0.116. The second-order valence-electron chi connectivity index (χ2n) is 5.56. The molecule has 2 fully saturated rings. The summed E-state index contributed by atoms with van der Waals surface area (Å²) in [5.41, 5.74) is 0. The van der Waals surface area contributed by atoms with Crippen molar-refractivity contribution in [2.75, 3.05) is 32.0 Å². The van der Waals surface area contributed by atoms with Gasteiger partial charge in [0.05, 0.1) is 12.4 Å². The van der Waals surface area contributed by atoms with Gasteiger partial charge >= 0.3 is 0 Å². The Labute approximate surface area is 120 Å². The predicted octanol–water partition coefficient (Wildman–Crippen LogP) is 0.0314. The molecule has 1 amide bonds. The van der Waals surface area contributed by atoms with Gasteiger partial charge in [-0.25, -0.2) is 12.7 Å². The SMILES string of the molecule is CCS(=O)(=O)N1CCC(C(=O)N(CCO)C2CC2)CC1. The molecule has 1 saturated carbocycles. The zero-order valence-corrected chi connectivity index (χ0v) is 12.8. The van der Waals surface area contributed by atoms with E-state index in [-0.39, 0.29) is 24.2 Å². The van der Waals surface area contributed by atoms with Crippen molar-refractivity contribution in [1.29, 1.82) is 0 Å². The molecule has 1 aliphatic carbocycles. The highest BCUT2D eigenvalue weighted by atomic mass is 32.2. The highest BCUT2D eigenvalue weighted by Crippen LogP contribution is 2.30. The summed E-state index contributed by atoms with van der Waals surface area (Å²) in [6.45, 7) is 2.90. The average Bonchev–Trinajstić information content (AvgIpc) is 3.29. The summed E-state index contributed by atoms with van der Waals surface area (Å²) in [7, 11) is -3.14. The van der Waals surface area contributed by atoms with Crippen molar-refractivity contribution in [3.63, 3.8) is 0 Å². The van der Waals surface area contributed by atoms with Crippen LogP contribution in [0.3, 0.4) is 0 Å². The van der Waals surface area contributed by atoms with Gasteiger partial charge in [-0.3, -0.25) is 4.79 Å². The summed E-state index contributed by atoms with van der Waals surface area (Å²) in [4.78, 5) is 14.2. The third-order valence-electron chi connectivity index (χ3n) is 4.17. The smallest absolute Gasteiger partial charge is 0.226 e. The number of hydrogen-bond donors (Lipinski definition) is 1. The van der Waals surface area contributed by atoms with Gasteiger partial charge in [0.1, 0.15) is 0 Å². The van der Waals surface area contributed by atoms with Crippen molar-refractivity contribution in [3.05, 3.63) is 0 Å². The molecule has 7 heteroatoms. The van der Waals surface area contributed by atoms with E-state index in [1.165, 1.54) is 4.31 Å². The molecule has 1 aliphatic heterocycles. The van der Waals surface area contributed by atoms with E-state index in [0.29, 0.717) is 38.5 Å². The van der Waals surface area contributed by atoms with Crippen LogP contribution in [0.2, 0.25) is 0 Å². The van der Waals surface area contributed by atoms with Crippen LogP contribution in [0, 0.1) is 5.92 Å². The molecule has 2 aliphatic rings. The first-order valence-electron chi connectivity index (χ1n) is 7.38. The van der Waals surface area contributed by atoms with Crippen molar-refractivity contribution in [1.82, 2.24) is 9.21 Å². The van der Waals surface area contributed by atoms with Crippen LogP contribution in [-0.4, -0.2) is 66.7 Å². The molecule has 0 unspecified atom stereocenters. The Morgan fingerprint density at radius 3 is 2.30 bits per heavy atom. The lowest BCUT2D eigenvalue weighted by Gasteiger charge is -2.33. The van der Waals surface area contributed by atoms with Crippen molar-refractivity contribution in [2.45, 2.75) is 38.6 Å². The van der Waals surface area contributed by atoms with E-state index in [0.717, 1.165) is 12.8 Å². The van der Waals surface area contributed by atoms with Crippen LogP contribution >= 0.6 is 0 Å². The third kappa shape index (κ3) is 3.51. The quantitative estimate of drug-likeness (QED) is 0.751. The minimum absolute atomic E-state index is 0.00863. The number of carbonyl (C=O) groups excluding carboxylic acids is 1. The number of carbonyl (C=O) groups is 1. The maximum absolute atomic E-state index is 12.4. The highest BCUT2D eigenvalue weighted by molar-refractivity contribution is 7.89. The number of aliphatic hydroxyl groups excluding tert-OH is 1. The van der Waals surface area contributed by atoms with E-state index in [4.69, 9.17) is 5.11 Å². The zero-order chi connectivity index (χ0) is 14.8. The minimum Gasteiger partial charge on any atom is -0.395 e. The molecular weight excluding hydrogens is 280 g/mol. The molecule has 116 valence electrons. The largest absolute Gasteiger partial charge is 0.395 e. The fourth-order valence-corrected chi connectivity index (χ4v) is 3.90. The molecule has 0 bridgehead atoms. The topological polar surface area (TPSA) is 77.9 Å². The molecule has 1 heterocycles. The average molecular weight is 304 g/mol. The number of aliphatic hydroxyl groups is 1. The molecule has 0 aromatic carbocycles. The third-order valence-corrected chi connectivity index (χ3v) is 6.05. The molecule has 6 nitrogen and oxygen atoms in total. The van der Waals surface area contributed by atoms with Gasteiger partial charge in [-0.05, 0) is 32.6 Å². The van der Waals surface area contributed by atoms with Crippen LogP contribution in [-0.2, 0) is 14.8 Å². The van der Waals surface area contributed by atoms with Gasteiger partial charge in [0, 0.05) is 31.6 Å². The molecule has 1 saturated heterocycles. The van der Waals surface area contributed by atoms with Gasteiger partial charge in [0.2, 0.25) is 15.9 Å². The van der Waals surface area contributed by atoms with Crippen LogP contribution in [0.5, 0.6) is 0 Å². The Balaban J connectivity index is 1.91. The first kappa shape index (κ1) is 15.7. The normalized spacial score (nSPS) is 21.9. The Kier molecular flexibility index (Phi) is 5.04. The number of rotatable bonds is 6. The van der Waals surface area contributed by atoms with Crippen LogP contribution in [0.15, 0.2) is 0 Å². The van der Waals surface area contributed by atoms with Gasteiger partial charge < -0.3 is 10.0 Å². The van der Waals surface area contributed by atoms with Gasteiger partial charge in [0.15, 0.2) is 0 Å². The molecule has 0 radical (unpaired) electrons. The van der Waals surface area contributed by atoms with Crippen LogP contribution in [0.4, 0.5) is 0 Å². The number of sulfonamides is 1. The first-order valence-corrected chi connectivity index (χ1v) is 8.99. The Bertz CT molecular complexity index is 439. The van der Waals surface area contributed by atoms with E-state index < -0.39 is 10.0 Å². The lowest BCUT2D eigenvalue weighted by molar-refractivity contribution is -0.137. The molecule has 0 aromatic rings. The van der Waals surface area contributed by atoms with Crippen molar-refractivity contribution < 1.29 is 18.3 Å². The Hall–Kier alpha value is -0.660. The van der Waals surface area contributed by atoms with Gasteiger partial charge in [-0.2, -0.15) is 0 Å². The van der Waals surface area contributed by atoms with E-state index >= 15 is 0 Å². The Morgan fingerprint density at radius 2 is 1.85 bits per heavy atom. The predicted molar refractivity (Wildman–Crippen MR) is 75.6 cm³/mol. The second kappa shape index (κ2) is 6.41. The highest BCUT2D eigenvalue weighted by Gasteiger charge is 2.37. The minimum atomic E-state index is -3.14. The summed E-state index contributed by atoms with van der Waals surface area (Å²) in [6, 6.07) is 0.298. The molecule has 2 rings (SSSR count). The number of piperidine rings is 1. The van der Waals surface area contributed by atoms with E-state index in [9.17, 15) is 13.2 Å². The standard InChI is InChI=1S/C13H24N2O4S/c1-2-20(18,19)14-7-5-11(6-8-14)13(17)15(9-10-16)12-3-4-12/h11-12,16H,2-10H2,1H3. The van der Waals surface area contributed by atoms with Gasteiger partial charge in [0.25, 0.3) is 0 Å². The lowest BCUT2D eigenvalue weighted by atomic mass is 9.96. The number of amides is 1. The molecule has 0 aromatic heterocycles. The zero-order valence-electron chi connectivity index (χ0n) is 12.0. The van der Waals surface area contributed by atoms with E-state index in [1.807, 2.05) is 0 Å². The monoisotopic (exact) mass is 304 g/mol. The Morgan fingerprint density at radius 1 is 1.25 bits per heavy atom. The fraction of sp³-hybridized carbons (Fsp3) is 0.923. The fourth-order valence-electron chi connectivity index (χ4n) is 2.76. The lowest BCUT2D eigenvalue weighted by Crippen LogP contribution is -2.46. The van der Waals surface area contributed by atoms with Gasteiger partial charge in [-0.15, -0.1) is 0 Å². The maximum Gasteiger partial charge on any atom is 0.226 e. The van der Waals surface area contributed by atoms with Crippen LogP contribution in [0.25, 0.3) is 0 Å². The van der Waals surface area contributed by atoms with E-state index in [1.54, 1.807) is 11.8 Å². The van der Waals surface area contributed by atoms with Crippen molar-refractivity contribution in [2.24, 2.45) is 5.92 Å². The molecule has 20 heavy (non-hydrogen) atoms. The molecule has 1 N–H and O–H groups in total. The van der Waals surface area contributed by atoms with Crippen LogP contribution < -0.4 is 0 Å². The number of hydrogen-bond acceptors (Lipinski definition) is 4. The maximum atomic E-state index is 12.4. The molecule has 0 atom stereocenters. The van der Waals surface area contributed by atoms with Crippen molar-refractivity contribution >= 4 is 15.9 Å². The summed E-state index contributed by atoms with van der Waals surface area (Å²) in [6.07, 6.45) is 3.23. The summed E-state index contributed by atoms with van der Waals surface area (Å²) >= 11 is 0. The second-order valence-corrected chi connectivity index (χ2v) is 7.82. The molecular formula is C13H24N2O4S. The van der Waals surface area contributed by atoms with E-state index in [2.05, 4.69) is 0 Å². The summed E-state index contributed by atoms with van der Waals surface area (Å²) in [5, 5.41) is 9.06. The summed E-state index contributed by atoms with van der Waals surface area (Å²) < 4.78 is 25.1. The van der Waals surface area contributed by atoms with Crippen molar-refractivity contribution in [3.8, 4) is 0 Å². The van der Waals surface area contributed by atoms with Gasteiger partial charge in [-0.1, -0.05) is 0 Å².